The van der Waals surface area contributed by atoms with Gasteiger partial charge in [-0.05, 0) is 68.1 Å². The van der Waals surface area contributed by atoms with Crippen molar-refractivity contribution in [2.24, 2.45) is 5.14 Å². The SMILES string of the molecule is CCC(c1cccc(-c2cn(-c3ccc(C4CCNCC4)cc3)nc2-c2ccncc2)c1F)S(N)(=O)=O.Cl. The minimum Gasteiger partial charge on any atom is -0.317 e. The molecule has 10 heteroatoms. The topological polar surface area (TPSA) is 103 Å². The summed E-state index contributed by atoms with van der Waals surface area (Å²) in [7, 11) is -3.98. The zero-order chi connectivity index (χ0) is 26.0. The molecule has 0 aliphatic carbocycles. The van der Waals surface area contributed by atoms with Crippen LogP contribution in [0.25, 0.3) is 28.1 Å². The summed E-state index contributed by atoms with van der Waals surface area (Å²) in [6.07, 6.45) is 7.50. The fourth-order valence-corrected chi connectivity index (χ4v) is 6.12. The van der Waals surface area contributed by atoms with Crippen LogP contribution in [0.3, 0.4) is 0 Å². The van der Waals surface area contributed by atoms with Crippen LogP contribution in [-0.4, -0.2) is 36.3 Å². The van der Waals surface area contributed by atoms with Crippen LogP contribution in [0.15, 0.2) is 73.2 Å². The van der Waals surface area contributed by atoms with Crippen molar-refractivity contribution in [2.45, 2.75) is 37.4 Å². The van der Waals surface area contributed by atoms with E-state index in [1.807, 2.05) is 24.3 Å². The van der Waals surface area contributed by atoms with Crippen molar-refractivity contribution in [1.29, 1.82) is 0 Å². The van der Waals surface area contributed by atoms with Crippen LogP contribution in [0.2, 0.25) is 0 Å². The second-order valence-electron chi connectivity index (χ2n) is 9.38. The Bertz CT molecular complexity index is 1490. The summed E-state index contributed by atoms with van der Waals surface area (Å²) in [5.74, 6) is -0.0717. The highest BCUT2D eigenvalue weighted by Gasteiger charge is 2.27. The summed E-state index contributed by atoms with van der Waals surface area (Å²) in [6.45, 7) is 3.73. The van der Waals surface area contributed by atoms with E-state index in [9.17, 15) is 8.42 Å². The largest absolute Gasteiger partial charge is 0.317 e. The minimum absolute atomic E-state index is 0. The fraction of sp³-hybridized carbons (Fsp3) is 0.286. The Morgan fingerprint density at radius 3 is 2.37 bits per heavy atom. The van der Waals surface area contributed by atoms with E-state index >= 15 is 4.39 Å². The third kappa shape index (κ3) is 5.66. The molecule has 1 atom stereocenters. The molecule has 2 aromatic carbocycles. The number of nitrogens with zero attached hydrogens (tertiary/aromatic N) is 3. The average molecular weight is 556 g/mol. The van der Waals surface area contributed by atoms with Crippen molar-refractivity contribution in [3.63, 3.8) is 0 Å². The lowest BCUT2D eigenvalue weighted by Crippen LogP contribution is -2.26. The van der Waals surface area contributed by atoms with Crippen LogP contribution in [-0.2, 0) is 10.0 Å². The van der Waals surface area contributed by atoms with E-state index in [1.165, 1.54) is 11.6 Å². The smallest absolute Gasteiger partial charge is 0.216 e. The second kappa shape index (κ2) is 11.7. The van der Waals surface area contributed by atoms with Crippen molar-refractivity contribution in [1.82, 2.24) is 20.1 Å². The summed E-state index contributed by atoms with van der Waals surface area (Å²) in [4.78, 5) is 4.09. The number of sulfonamides is 1. The number of rotatable bonds is 7. The number of nitrogens with one attached hydrogen (secondary N) is 1. The number of halogens is 2. The van der Waals surface area contributed by atoms with Crippen LogP contribution in [0.1, 0.15) is 48.5 Å². The monoisotopic (exact) mass is 555 g/mol. The number of primary sulfonamides is 1. The highest BCUT2D eigenvalue weighted by Crippen LogP contribution is 2.37. The molecular weight excluding hydrogens is 525 g/mol. The predicted octanol–water partition coefficient (Wildman–Crippen LogP) is 5.37. The Kier molecular flexibility index (Phi) is 8.62. The van der Waals surface area contributed by atoms with E-state index in [0.717, 1.165) is 37.2 Å². The van der Waals surface area contributed by atoms with Gasteiger partial charge < -0.3 is 5.32 Å². The Hall–Kier alpha value is -3.11. The molecule has 0 radical (unpaired) electrons. The van der Waals surface area contributed by atoms with Gasteiger partial charge in [-0.25, -0.2) is 22.6 Å². The number of hydrogen-bond donors (Lipinski definition) is 2. The average Bonchev–Trinajstić information content (AvgIpc) is 3.36. The molecule has 0 amide bonds. The van der Waals surface area contributed by atoms with E-state index in [4.69, 9.17) is 10.2 Å². The van der Waals surface area contributed by atoms with Crippen LogP contribution in [0, 0.1) is 5.82 Å². The first-order chi connectivity index (χ1) is 17.9. The fourth-order valence-electron chi connectivity index (χ4n) is 5.12. The molecule has 200 valence electrons. The summed E-state index contributed by atoms with van der Waals surface area (Å²) in [5, 5.41) is 12.5. The number of aromatic nitrogens is 3. The first kappa shape index (κ1) is 27.9. The molecule has 0 saturated carbocycles. The Balaban J connectivity index is 0.00000336. The van der Waals surface area contributed by atoms with Gasteiger partial charge in [-0.2, -0.15) is 5.10 Å². The summed E-state index contributed by atoms with van der Waals surface area (Å²) >= 11 is 0. The standard InChI is InChI=1S/C28H30FN5O2S.ClH/c1-2-26(37(30,35)36)24-5-3-4-23(27(24)29)25-18-34(33-28(25)21-12-16-32-17-13-21)22-8-6-19(7-9-22)20-10-14-31-15-11-20;/h3-9,12-13,16-18,20,26,31H,2,10-11,14-15H2,1H3,(H2,30,35,36);1H. The van der Waals surface area contributed by atoms with E-state index < -0.39 is 21.1 Å². The maximum Gasteiger partial charge on any atom is 0.216 e. The molecule has 0 spiro atoms. The number of nitrogens with two attached hydrogens (primary N) is 1. The van der Waals surface area contributed by atoms with Crippen molar-refractivity contribution in [3.05, 3.63) is 90.1 Å². The van der Waals surface area contributed by atoms with Gasteiger partial charge in [0.25, 0.3) is 0 Å². The van der Waals surface area contributed by atoms with Crippen molar-refractivity contribution in [2.75, 3.05) is 13.1 Å². The van der Waals surface area contributed by atoms with Crippen LogP contribution < -0.4 is 10.5 Å². The van der Waals surface area contributed by atoms with Crippen LogP contribution in [0.5, 0.6) is 0 Å². The van der Waals surface area contributed by atoms with E-state index in [1.54, 1.807) is 42.3 Å². The van der Waals surface area contributed by atoms with Crippen molar-refractivity contribution >= 4 is 22.4 Å². The lowest BCUT2D eigenvalue weighted by atomic mass is 9.90. The molecule has 1 saturated heterocycles. The van der Waals surface area contributed by atoms with Gasteiger partial charge in [0.1, 0.15) is 16.8 Å². The van der Waals surface area contributed by atoms with E-state index in [-0.39, 0.29) is 30.0 Å². The van der Waals surface area contributed by atoms with E-state index in [2.05, 4.69) is 22.4 Å². The maximum absolute atomic E-state index is 15.9. The molecule has 38 heavy (non-hydrogen) atoms. The van der Waals surface area contributed by atoms with Gasteiger partial charge in [0, 0.05) is 40.8 Å². The number of benzene rings is 2. The second-order valence-corrected chi connectivity index (χ2v) is 11.1. The normalized spacial score (nSPS) is 15.1. The third-order valence-corrected chi connectivity index (χ3v) is 8.45. The van der Waals surface area contributed by atoms with Gasteiger partial charge in [-0.15, -0.1) is 12.4 Å². The van der Waals surface area contributed by atoms with Gasteiger partial charge in [-0.3, -0.25) is 4.98 Å². The first-order valence-electron chi connectivity index (χ1n) is 12.5. The van der Waals surface area contributed by atoms with Gasteiger partial charge in [0.05, 0.1) is 5.69 Å². The molecule has 1 aliphatic rings. The highest BCUT2D eigenvalue weighted by atomic mass is 35.5. The molecule has 4 aromatic rings. The van der Waals surface area contributed by atoms with Crippen molar-refractivity contribution < 1.29 is 12.8 Å². The van der Waals surface area contributed by atoms with Crippen LogP contribution in [0.4, 0.5) is 4.39 Å². The van der Waals surface area contributed by atoms with Gasteiger partial charge in [0.15, 0.2) is 0 Å². The Morgan fingerprint density at radius 1 is 1.05 bits per heavy atom. The van der Waals surface area contributed by atoms with Crippen LogP contribution >= 0.6 is 12.4 Å². The molecule has 3 N–H and O–H groups in total. The van der Waals surface area contributed by atoms with Gasteiger partial charge in [0.2, 0.25) is 10.0 Å². The number of hydrogen-bond acceptors (Lipinski definition) is 5. The Morgan fingerprint density at radius 2 is 1.74 bits per heavy atom. The quantitative estimate of drug-likeness (QED) is 0.319. The highest BCUT2D eigenvalue weighted by molar-refractivity contribution is 7.89. The predicted molar refractivity (Wildman–Crippen MR) is 150 cm³/mol. The number of pyridine rings is 1. The molecule has 1 unspecified atom stereocenters. The zero-order valence-electron chi connectivity index (χ0n) is 21.0. The molecule has 1 aliphatic heterocycles. The maximum atomic E-state index is 15.9. The minimum atomic E-state index is -3.98. The first-order valence-corrected chi connectivity index (χ1v) is 14.1. The van der Waals surface area contributed by atoms with Gasteiger partial charge in [-0.1, -0.05) is 37.3 Å². The molecule has 7 nitrogen and oxygen atoms in total. The zero-order valence-corrected chi connectivity index (χ0v) is 22.7. The summed E-state index contributed by atoms with van der Waals surface area (Å²) in [5.41, 5.74) is 4.39. The molecule has 5 rings (SSSR count). The lowest BCUT2D eigenvalue weighted by molar-refractivity contribution is 0.460. The Labute approximate surface area is 228 Å². The number of piperidine rings is 1. The molecular formula is C28H31ClFN5O2S. The third-order valence-electron chi connectivity index (χ3n) is 7.07. The van der Waals surface area contributed by atoms with E-state index in [0.29, 0.717) is 17.2 Å². The lowest BCUT2D eigenvalue weighted by Gasteiger charge is -2.23. The van der Waals surface area contributed by atoms with Gasteiger partial charge >= 0.3 is 0 Å². The molecule has 3 heterocycles. The molecule has 1 fully saturated rings. The molecule has 0 bridgehead atoms. The molecule has 2 aromatic heterocycles. The summed E-state index contributed by atoms with van der Waals surface area (Å²) < 4.78 is 42.0. The summed E-state index contributed by atoms with van der Waals surface area (Å²) in [6, 6.07) is 16.7. The van der Waals surface area contributed by atoms with Crippen molar-refractivity contribution in [3.8, 4) is 28.1 Å².